The summed E-state index contributed by atoms with van der Waals surface area (Å²) in [6.45, 7) is 14.4. The lowest BCUT2D eigenvalue weighted by Gasteiger charge is -2.35. The second-order valence-electron chi connectivity index (χ2n) is 3.73. The zero-order valence-corrected chi connectivity index (χ0v) is 8.28. The minimum absolute atomic E-state index is 0.202. The van der Waals surface area contributed by atoms with Crippen LogP contribution in [-0.4, -0.2) is 23.6 Å². The Balaban J connectivity index is 3.88. The van der Waals surface area contributed by atoms with Crippen LogP contribution in [0.25, 0.3) is 0 Å². The zero-order valence-electron chi connectivity index (χ0n) is 8.28. The molecule has 0 unspecified atom stereocenters. The fraction of sp³-hybridized carbons (Fsp3) is 0.889. The fourth-order valence-electron chi connectivity index (χ4n) is 1.01. The Morgan fingerprint density at radius 3 is 2.18 bits per heavy atom. The van der Waals surface area contributed by atoms with E-state index in [0.29, 0.717) is 0 Å². The monoisotopic (exact) mass is 157 g/mol. The van der Waals surface area contributed by atoms with Crippen LogP contribution in [0.4, 0.5) is 0 Å². The van der Waals surface area contributed by atoms with Crippen molar-refractivity contribution in [2.75, 3.05) is 13.1 Å². The zero-order chi connectivity index (χ0) is 8.91. The van der Waals surface area contributed by atoms with Crippen molar-refractivity contribution in [1.29, 1.82) is 0 Å². The molecule has 11 heavy (non-hydrogen) atoms. The number of rotatable bonds is 4. The van der Waals surface area contributed by atoms with Gasteiger partial charge in [-0.15, -0.1) is 0 Å². The molecule has 0 aliphatic heterocycles. The smallest absolute Gasteiger partial charge is 0.0269 e. The summed E-state index contributed by atoms with van der Waals surface area (Å²) in [5.74, 6) is 0. The summed E-state index contributed by atoms with van der Waals surface area (Å²) in [4.78, 5) is 0. The molecule has 0 aromatic rings. The molecule has 0 aliphatic carbocycles. The van der Waals surface area contributed by atoms with Crippen molar-refractivity contribution in [2.24, 2.45) is 0 Å². The maximum Gasteiger partial charge on any atom is 0.0269 e. The fourth-order valence-corrected chi connectivity index (χ4v) is 1.01. The van der Waals surface area contributed by atoms with Crippen LogP contribution in [0.5, 0.6) is 0 Å². The molecule has 2 nitrogen and oxygen atoms in total. The Kier molecular flexibility index (Phi) is 4.69. The van der Waals surface area contributed by atoms with E-state index in [4.69, 9.17) is 0 Å². The first-order valence-electron chi connectivity index (χ1n) is 4.32. The number of hydrogen-bond donors (Lipinski definition) is 1. The predicted molar refractivity (Wildman–Crippen MR) is 50.1 cm³/mol. The Morgan fingerprint density at radius 1 is 1.36 bits per heavy atom. The van der Waals surface area contributed by atoms with E-state index in [1.165, 1.54) is 6.42 Å². The molecule has 0 aromatic heterocycles. The summed E-state index contributed by atoms with van der Waals surface area (Å²) in [6.07, 6.45) is 1.17. The van der Waals surface area contributed by atoms with Crippen molar-refractivity contribution >= 4 is 0 Å². The van der Waals surface area contributed by atoms with Gasteiger partial charge in [0, 0.05) is 18.6 Å². The standard InChI is InChI=1S/C9H21N2/c1-6-8-11(10-7-2)9(3,4)5/h10H,2,6-8H2,1,3-5H3. The van der Waals surface area contributed by atoms with Gasteiger partial charge in [0.25, 0.3) is 0 Å². The molecule has 0 saturated heterocycles. The third-order valence-corrected chi connectivity index (χ3v) is 1.56. The van der Waals surface area contributed by atoms with Gasteiger partial charge in [0.15, 0.2) is 0 Å². The molecule has 0 amide bonds. The number of hydrazine groups is 1. The molecule has 1 N–H and O–H groups in total. The lowest BCUT2D eigenvalue weighted by atomic mass is 10.1. The maximum atomic E-state index is 3.77. The minimum atomic E-state index is 0.202. The van der Waals surface area contributed by atoms with Gasteiger partial charge in [-0.1, -0.05) is 6.92 Å². The average molecular weight is 157 g/mol. The van der Waals surface area contributed by atoms with Crippen molar-refractivity contribution in [3.8, 4) is 0 Å². The molecule has 0 rings (SSSR count). The summed E-state index contributed by atoms with van der Waals surface area (Å²) in [7, 11) is 0. The molecule has 0 bridgehead atoms. The van der Waals surface area contributed by atoms with Gasteiger partial charge < -0.3 is 0 Å². The highest BCUT2D eigenvalue weighted by molar-refractivity contribution is 4.72. The molecule has 0 saturated carbocycles. The highest BCUT2D eigenvalue weighted by Crippen LogP contribution is 2.09. The molecule has 1 radical (unpaired) electrons. The van der Waals surface area contributed by atoms with Crippen LogP contribution in [0, 0.1) is 6.92 Å². The van der Waals surface area contributed by atoms with Crippen molar-refractivity contribution in [3.05, 3.63) is 6.92 Å². The van der Waals surface area contributed by atoms with E-state index in [2.05, 4.69) is 45.1 Å². The summed E-state index contributed by atoms with van der Waals surface area (Å²) in [6, 6.07) is 0. The largest absolute Gasteiger partial charge is 0.255 e. The molecule has 67 valence electrons. The van der Waals surface area contributed by atoms with E-state index in [0.717, 1.165) is 13.1 Å². The Hall–Kier alpha value is -0.0800. The summed E-state index contributed by atoms with van der Waals surface area (Å²) in [5.41, 5.74) is 3.45. The normalized spacial score (nSPS) is 12.5. The van der Waals surface area contributed by atoms with Gasteiger partial charge >= 0.3 is 0 Å². The van der Waals surface area contributed by atoms with Crippen molar-refractivity contribution in [2.45, 2.75) is 39.7 Å². The van der Waals surface area contributed by atoms with Crippen molar-refractivity contribution in [1.82, 2.24) is 10.4 Å². The highest BCUT2D eigenvalue weighted by atomic mass is 15.5. The van der Waals surface area contributed by atoms with E-state index in [1.807, 2.05) is 0 Å². The van der Waals surface area contributed by atoms with Gasteiger partial charge in [-0.05, 0) is 34.1 Å². The van der Waals surface area contributed by atoms with Gasteiger partial charge in [-0.2, -0.15) is 0 Å². The Morgan fingerprint density at radius 2 is 1.91 bits per heavy atom. The molecular formula is C9H21N2. The third-order valence-electron chi connectivity index (χ3n) is 1.56. The molecule has 0 aliphatic rings. The van der Waals surface area contributed by atoms with E-state index in [9.17, 15) is 0 Å². The topological polar surface area (TPSA) is 15.3 Å². The Labute approximate surface area is 70.9 Å². The van der Waals surface area contributed by atoms with Crippen LogP contribution >= 0.6 is 0 Å². The van der Waals surface area contributed by atoms with Crippen molar-refractivity contribution in [3.63, 3.8) is 0 Å². The SMILES string of the molecule is [CH2]CNN(CCC)C(C)(C)C. The van der Waals surface area contributed by atoms with Gasteiger partial charge in [0.2, 0.25) is 0 Å². The number of hydrogen-bond acceptors (Lipinski definition) is 2. The first-order valence-corrected chi connectivity index (χ1v) is 4.32. The van der Waals surface area contributed by atoms with Crippen LogP contribution in [0.2, 0.25) is 0 Å². The summed E-state index contributed by atoms with van der Waals surface area (Å²) in [5, 5.41) is 2.24. The highest BCUT2D eigenvalue weighted by Gasteiger charge is 2.18. The number of nitrogens with one attached hydrogen (secondary N) is 1. The molecule has 0 atom stereocenters. The average Bonchev–Trinajstić information content (AvgIpc) is 1.85. The Bertz CT molecular complexity index is 88.2. The molecule has 0 spiro atoms. The van der Waals surface area contributed by atoms with E-state index in [1.54, 1.807) is 0 Å². The maximum absolute atomic E-state index is 3.77. The lowest BCUT2D eigenvalue weighted by Crippen LogP contribution is -2.50. The van der Waals surface area contributed by atoms with Gasteiger partial charge in [0.05, 0.1) is 0 Å². The first kappa shape index (κ1) is 10.9. The predicted octanol–water partition coefficient (Wildman–Crippen LogP) is 1.84. The van der Waals surface area contributed by atoms with Crippen LogP contribution in [-0.2, 0) is 0 Å². The quantitative estimate of drug-likeness (QED) is 0.626. The lowest BCUT2D eigenvalue weighted by molar-refractivity contribution is 0.0781. The summed E-state index contributed by atoms with van der Waals surface area (Å²) < 4.78 is 0. The molecular weight excluding hydrogens is 136 g/mol. The molecule has 0 fully saturated rings. The van der Waals surface area contributed by atoms with Crippen LogP contribution in [0.15, 0.2) is 0 Å². The van der Waals surface area contributed by atoms with Gasteiger partial charge in [0.1, 0.15) is 0 Å². The minimum Gasteiger partial charge on any atom is -0.255 e. The van der Waals surface area contributed by atoms with E-state index >= 15 is 0 Å². The van der Waals surface area contributed by atoms with Crippen LogP contribution < -0.4 is 5.43 Å². The molecule has 0 heterocycles. The van der Waals surface area contributed by atoms with E-state index < -0.39 is 0 Å². The van der Waals surface area contributed by atoms with Crippen molar-refractivity contribution < 1.29 is 0 Å². The van der Waals surface area contributed by atoms with Crippen LogP contribution in [0.1, 0.15) is 34.1 Å². The first-order chi connectivity index (χ1) is 5.02. The number of nitrogens with zero attached hydrogens (tertiary/aromatic N) is 1. The second kappa shape index (κ2) is 4.73. The second-order valence-corrected chi connectivity index (χ2v) is 3.73. The van der Waals surface area contributed by atoms with Gasteiger partial charge in [-0.25, -0.2) is 5.01 Å². The summed E-state index contributed by atoms with van der Waals surface area (Å²) >= 11 is 0. The van der Waals surface area contributed by atoms with E-state index in [-0.39, 0.29) is 5.54 Å². The molecule has 0 aromatic carbocycles. The van der Waals surface area contributed by atoms with Crippen LogP contribution in [0.3, 0.4) is 0 Å². The molecule has 2 heteroatoms. The third kappa shape index (κ3) is 4.38. The van der Waals surface area contributed by atoms with Gasteiger partial charge in [-0.3, -0.25) is 5.43 Å².